The third kappa shape index (κ3) is 42.4. The zero-order chi connectivity index (χ0) is 41.4. The Morgan fingerprint density at radius 1 is 0.536 bits per heavy atom. The van der Waals surface area contributed by atoms with E-state index in [1.165, 1.54) is 128 Å². The van der Waals surface area contributed by atoms with E-state index >= 15 is 0 Å². The molecular formula is C46H91NO8P+. The van der Waals surface area contributed by atoms with Crippen molar-refractivity contribution in [3.8, 4) is 0 Å². The van der Waals surface area contributed by atoms with Crippen molar-refractivity contribution in [2.45, 2.75) is 225 Å². The molecule has 0 fully saturated rings. The fourth-order valence-corrected chi connectivity index (χ4v) is 7.33. The zero-order valence-electron chi connectivity index (χ0n) is 37.4. The quantitative estimate of drug-likeness (QED) is 0.0213. The summed E-state index contributed by atoms with van der Waals surface area (Å²) in [5, 5.41) is 0. The highest BCUT2D eigenvalue weighted by Crippen LogP contribution is 2.43. The molecule has 0 radical (unpaired) electrons. The van der Waals surface area contributed by atoms with Gasteiger partial charge in [-0.2, -0.15) is 0 Å². The average Bonchev–Trinajstić information content (AvgIpc) is 3.15. The minimum Gasteiger partial charge on any atom is -0.462 e. The van der Waals surface area contributed by atoms with Gasteiger partial charge < -0.3 is 18.9 Å². The lowest BCUT2D eigenvalue weighted by Gasteiger charge is -2.24. The molecular weight excluding hydrogens is 725 g/mol. The van der Waals surface area contributed by atoms with E-state index < -0.39 is 26.5 Å². The van der Waals surface area contributed by atoms with Gasteiger partial charge in [-0.15, -0.1) is 0 Å². The van der Waals surface area contributed by atoms with Gasteiger partial charge in [0.1, 0.15) is 19.8 Å². The summed E-state index contributed by atoms with van der Waals surface area (Å²) in [6.07, 6.45) is 41.3. The van der Waals surface area contributed by atoms with Crippen LogP contribution in [-0.2, 0) is 32.7 Å². The van der Waals surface area contributed by atoms with E-state index in [-0.39, 0.29) is 25.6 Å². The van der Waals surface area contributed by atoms with Crippen molar-refractivity contribution in [1.82, 2.24) is 0 Å². The first kappa shape index (κ1) is 54.8. The van der Waals surface area contributed by atoms with Crippen molar-refractivity contribution in [3.05, 3.63) is 12.2 Å². The second-order valence-electron chi connectivity index (χ2n) is 17.1. The number of rotatable bonds is 43. The van der Waals surface area contributed by atoms with Gasteiger partial charge >= 0.3 is 19.8 Å². The van der Waals surface area contributed by atoms with Crippen LogP contribution < -0.4 is 0 Å². The van der Waals surface area contributed by atoms with Gasteiger partial charge in [0, 0.05) is 12.8 Å². The molecule has 0 aromatic rings. The van der Waals surface area contributed by atoms with Crippen molar-refractivity contribution < 1.29 is 42.1 Å². The van der Waals surface area contributed by atoms with E-state index in [0.29, 0.717) is 23.9 Å². The van der Waals surface area contributed by atoms with Crippen molar-refractivity contribution in [3.63, 3.8) is 0 Å². The lowest BCUT2D eigenvalue weighted by Crippen LogP contribution is -2.37. The summed E-state index contributed by atoms with van der Waals surface area (Å²) >= 11 is 0. The molecule has 0 spiro atoms. The standard InChI is InChI=1S/C46H90NO8P/c1-6-8-10-12-14-16-18-19-20-21-22-23-24-25-26-27-29-30-32-34-36-38-45(48)52-42-44(43-54-56(50,51)53-41-40-47(3,4)5)55-46(49)39-37-35-33-31-28-17-15-13-11-9-7-2/h13,15,44H,6-12,14,16-43H2,1-5H3/p+1/b15-13-/t44-/m1/s1. The number of quaternary nitrogens is 1. The number of hydrogen-bond acceptors (Lipinski definition) is 7. The van der Waals surface area contributed by atoms with E-state index in [9.17, 15) is 19.0 Å². The fraction of sp³-hybridized carbons (Fsp3) is 0.913. The molecule has 332 valence electrons. The smallest absolute Gasteiger partial charge is 0.462 e. The summed E-state index contributed by atoms with van der Waals surface area (Å²) in [5.41, 5.74) is 0. The summed E-state index contributed by atoms with van der Waals surface area (Å²) in [6, 6.07) is 0. The van der Waals surface area contributed by atoms with Crippen LogP contribution in [0.3, 0.4) is 0 Å². The van der Waals surface area contributed by atoms with Crippen LogP contribution in [0.15, 0.2) is 12.2 Å². The maximum absolute atomic E-state index is 12.6. The van der Waals surface area contributed by atoms with E-state index in [2.05, 4.69) is 26.0 Å². The van der Waals surface area contributed by atoms with E-state index in [1.807, 2.05) is 21.1 Å². The van der Waals surface area contributed by atoms with Crippen LogP contribution in [0.2, 0.25) is 0 Å². The van der Waals surface area contributed by atoms with E-state index in [4.69, 9.17) is 18.5 Å². The number of carbonyl (C=O) groups is 2. The summed E-state index contributed by atoms with van der Waals surface area (Å²) < 4.78 is 34.3. The highest BCUT2D eigenvalue weighted by atomic mass is 31.2. The van der Waals surface area contributed by atoms with Gasteiger partial charge in [-0.05, 0) is 32.1 Å². The van der Waals surface area contributed by atoms with E-state index in [1.54, 1.807) is 0 Å². The second kappa shape index (κ2) is 39.2. The largest absolute Gasteiger partial charge is 0.472 e. The monoisotopic (exact) mass is 817 g/mol. The van der Waals surface area contributed by atoms with Gasteiger partial charge in [0.15, 0.2) is 6.10 Å². The number of unbranched alkanes of at least 4 members (excludes halogenated alkanes) is 27. The molecule has 0 aromatic heterocycles. The predicted octanol–water partition coefficient (Wildman–Crippen LogP) is 13.4. The highest BCUT2D eigenvalue weighted by molar-refractivity contribution is 7.47. The maximum Gasteiger partial charge on any atom is 0.472 e. The SMILES string of the molecule is CCCC/C=C\CCCCCCCC(=O)O[C@H](COC(=O)CCCCCCCCCCCCCCCCCCCCCCC)COP(=O)(O)OCC[N+](C)(C)C. The number of allylic oxidation sites excluding steroid dienone is 2. The molecule has 1 unspecified atom stereocenters. The Morgan fingerprint density at radius 2 is 0.929 bits per heavy atom. The van der Waals surface area contributed by atoms with Gasteiger partial charge in [-0.1, -0.05) is 187 Å². The van der Waals surface area contributed by atoms with Gasteiger partial charge in [-0.3, -0.25) is 18.6 Å². The molecule has 0 aliphatic heterocycles. The van der Waals surface area contributed by atoms with Crippen LogP contribution in [-0.4, -0.2) is 74.9 Å². The molecule has 9 nitrogen and oxygen atoms in total. The third-order valence-electron chi connectivity index (χ3n) is 10.3. The van der Waals surface area contributed by atoms with Crippen LogP contribution in [0.5, 0.6) is 0 Å². The minimum atomic E-state index is -4.37. The number of phosphoric ester groups is 1. The Balaban J connectivity index is 4.18. The Morgan fingerprint density at radius 3 is 1.38 bits per heavy atom. The molecule has 1 N–H and O–H groups in total. The first-order valence-corrected chi connectivity index (χ1v) is 24.9. The lowest BCUT2D eigenvalue weighted by atomic mass is 10.0. The van der Waals surface area contributed by atoms with Crippen LogP contribution in [0.1, 0.15) is 219 Å². The van der Waals surface area contributed by atoms with Crippen molar-refractivity contribution in [2.24, 2.45) is 0 Å². The molecule has 0 amide bonds. The third-order valence-corrected chi connectivity index (χ3v) is 11.3. The molecule has 0 aliphatic carbocycles. The van der Waals surface area contributed by atoms with Crippen LogP contribution in [0.25, 0.3) is 0 Å². The van der Waals surface area contributed by atoms with Gasteiger partial charge in [0.05, 0.1) is 27.7 Å². The van der Waals surface area contributed by atoms with Crippen molar-refractivity contribution in [2.75, 3.05) is 47.5 Å². The van der Waals surface area contributed by atoms with E-state index in [0.717, 1.165) is 57.8 Å². The predicted molar refractivity (Wildman–Crippen MR) is 234 cm³/mol. The number of phosphoric acid groups is 1. The van der Waals surface area contributed by atoms with Gasteiger partial charge in [0.2, 0.25) is 0 Å². The molecule has 0 heterocycles. The molecule has 0 bridgehead atoms. The lowest BCUT2D eigenvalue weighted by molar-refractivity contribution is -0.870. The summed E-state index contributed by atoms with van der Waals surface area (Å²) in [4.78, 5) is 35.3. The van der Waals surface area contributed by atoms with Crippen LogP contribution in [0, 0.1) is 0 Å². The number of hydrogen-bond donors (Lipinski definition) is 1. The molecule has 0 aromatic carbocycles. The van der Waals surface area contributed by atoms with Crippen LogP contribution >= 0.6 is 7.82 Å². The second-order valence-corrected chi connectivity index (χ2v) is 18.6. The number of esters is 2. The minimum absolute atomic E-state index is 0.0331. The topological polar surface area (TPSA) is 108 Å². The normalized spacial score (nSPS) is 13.6. The van der Waals surface area contributed by atoms with Gasteiger partial charge in [0.25, 0.3) is 0 Å². The number of nitrogens with zero attached hydrogens (tertiary/aromatic N) is 1. The average molecular weight is 817 g/mol. The maximum atomic E-state index is 12.6. The molecule has 0 rings (SSSR count). The van der Waals surface area contributed by atoms with Gasteiger partial charge in [-0.25, -0.2) is 4.57 Å². The Labute approximate surface area is 346 Å². The molecule has 2 atom stereocenters. The Bertz CT molecular complexity index is 969. The first-order chi connectivity index (χ1) is 27.0. The molecule has 0 saturated heterocycles. The van der Waals surface area contributed by atoms with Crippen molar-refractivity contribution >= 4 is 19.8 Å². The first-order valence-electron chi connectivity index (χ1n) is 23.4. The summed E-state index contributed by atoms with van der Waals surface area (Å²) in [7, 11) is 1.48. The Kier molecular flexibility index (Phi) is 38.3. The number of ether oxygens (including phenoxy) is 2. The molecule has 0 saturated carbocycles. The Hall–Kier alpha value is -1.25. The molecule has 56 heavy (non-hydrogen) atoms. The highest BCUT2D eigenvalue weighted by Gasteiger charge is 2.27. The number of carbonyl (C=O) groups excluding carboxylic acids is 2. The zero-order valence-corrected chi connectivity index (χ0v) is 38.3. The van der Waals surface area contributed by atoms with Crippen molar-refractivity contribution in [1.29, 1.82) is 0 Å². The fourth-order valence-electron chi connectivity index (χ4n) is 6.58. The summed E-state index contributed by atoms with van der Waals surface area (Å²) in [5.74, 6) is -0.799. The molecule has 0 aliphatic rings. The summed E-state index contributed by atoms with van der Waals surface area (Å²) in [6.45, 7) is 4.40. The molecule has 10 heteroatoms. The van der Waals surface area contributed by atoms with Crippen LogP contribution in [0.4, 0.5) is 0 Å². The number of likely N-dealkylation sites (N-methyl/N-ethyl adjacent to an activating group) is 1.